The van der Waals surface area contributed by atoms with Crippen LogP contribution in [0.3, 0.4) is 0 Å². The van der Waals surface area contributed by atoms with Gasteiger partial charge in [-0.05, 0) is 25.0 Å². The third kappa shape index (κ3) is 3.87. The van der Waals surface area contributed by atoms with Crippen molar-refractivity contribution >= 4 is 11.6 Å². The Morgan fingerprint density at radius 3 is 2.62 bits per heavy atom. The predicted molar refractivity (Wildman–Crippen MR) is 93.5 cm³/mol. The highest BCUT2D eigenvalue weighted by atomic mass is 19.1. The first kappa shape index (κ1) is 17.2. The van der Waals surface area contributed by atoms with E-state index in [0.29, 0.717) is 24.7 Å². The molecule has 0 spiro atoms. The minimum absolute atomic E-state index is 0.151. The van der Waals surface area contributed by atoms with Gasteiger partial charge in [0.25, 0.3) is 0 Å². The number of nitrogens with zero attached hydrogens (tertiary/aromatic N) is 3. The summed E-state index contributed by atoms with van der Waals surface area (Å²) in [6, 6.07) is 7.39. The van der Waals surface area contributed by atoms with Gasteiger partial charge in [-0.25, -0.2) is 4.39 Å². The number of benzene rings is 1. The number of anilines is 1. The van der Waals surface area contributed by atoms with Crippen LogP contribution in [0.5, 0.6) is 0 Å². The smallest absolute Gasteiger partial charge is 0.223 e. The van der Waals surface area contributed by atoms with Crippen LogP contribution in [-0.4, -0.2) is 67.6 Å². The second kappa shape index (κ2) is 7.94. The summed E-state index contributed by atoms with van der Waals surface area (Å²) in [5, 5.41) is 0. The molecule has 0 aromatic heterocycles. The lowest BCUT2D eigenvalue weighted by molar-refractivity contribution is -0.133. The van der Waals surface area contributed by atoms with Crippen LogP contribution in [0.25, 0.3) is 0 Å². The minimum atomic E-state index is -0.151. The van der Waals surface area contributed by atoms with E-state index in [9.17, 15) is 9.18 Å². The maximum atomic E-state index is 13.9. The molecule has 2 aliphatic heterocycles. The van der Waals surface area contributed by atoms with E-state index >= 15 is 0 Å². The Kier molecular flexibility index (Phi) is 5.68. The molecule has 0 saturated carbocycles. The summed E-state index contributed by atoms with van der Waals surface area (Å²) in [6.45, 7) is 5.56. The normalized spacial score (nSPS) is 22.7. The summed E-state index contributed by atoms with van der Waals surface area (Å²) >= 11 is 0. The summed E-state index contributed by atoms with van der Waals surface area (Å²) in [6.07, 6.45) is 2.62. The molecule has 2 N–H and O–H groups in total. The van der Waals surface area contributed by atoms with Crippen LogP contribution < -0.4 is 10.6 Å². The Balaban J connectivity index is 1.54. The van der Waals surface area contributed by atoms with E-state index in [0.717, 1.165) is 52.1 Å². The maximum Gasteiger partial charge on any atom is 0.223 e. The van der Waals surface area contributed by atoms with E-state index in [4.69, 9.17) is 5.73 Å². The van der Waals surface area contributed by atoms with Crippen molar-refractivity contribution in [3.63, 3.8) is 0 Å². The van der Waals surface area contributed by atoms with Gasteiger partial charge in [0, 0.05) is 58.3 Å². The Labute approximate surface area is 143 Å². The molecule has 3 rings (SSSR count). The number of rotatable bonds is 4. The minimum Gasteiger partial charge on any atom is -0.367 e. The zero-order valence-electron chi connectivity index (χ0n) is 14.2. The number of likely N-dealkylation sites (tertiary alicyclic amines) is 1. The highest BCUT2D eigenvalue weighted by molar-refractivity contribution is 5.76. The molecule has 0 unspecified atom stereocenters. The summed E-state index contributed by atoms with van der Waals surface area (Å²) in [5.41, 5.74) is 6.20. The second-order valence-corrected chi connectivity index (χ2v) is 6.65. The fourth-order valence-electron chi connectivity index (χ4n) is 3.80. The van der Waals surface area contributed by atoms with Crippen molar-refractivity contribution in [3.05, 3.63) is 30.1 Å². The molecule has 2 fully saturated rings. The molecule has 0 radical (unpaired) electrons. The molecule has 24 heavy (non-hydrogen) atoms. The zero-order chi connectivity index (χ0) is 16.9. The summed E-state index contributed by atoms with van der Waals surface area (Å²) in [5.74, 6) is 0.0226. The average molecular weight is 334 g/mol. The van der Waals surface area contributed by atoms with E-state index < -0.39 is 0 Å². The average Bonchev–Trinajstić information content (AvgIpc) is 2.63. The molecule has 1 atom stereocenters. The van der Waals surface area contributed by atoms with Crippen molar-refractivity contribution in [2.45, 2.75) is 25.3 Å². The molecule has 2 saturated heterocycles. The van der Waals surface area contributed by atoms with Gasteiger partial charge in [-0.1, -0.05) is 12.1 Å². The van der Waals surface area contributed by atoms with Gasteiger partial charge >= 0.3 is 0 Å². The first-order chi connectivity index (χ1) is 11.7. The van der Waals surface area contributed by atoms with E-state index in [1.807, 2.05) is 17.0 Å². The van der Waals surface area contributed by atoms with Gasteiger partial charge < -0.3 is 15.5 Å². The van der Waals surface area contributed by atoms with Gasteiger partial charge in [0.1, 0.15) is 5.82 Å². The van der Waals surface area contributed by atoms with Gasteiger partial charge in [-0.2, -0.15) is 0 Å². The number of hydrogen-bond donors (Lipinski definition) is 1. The van der Waals surface area contributed by atoms with Crippen LogP contribution in [0.4, 0.5) is 10.1 Å². The molecule has 6 heteroatoms. The van der Waals surface area contributed by atoms with Crippen molar-refractivity contribution < 1.29 is 9.18 Å². The lowest BCUT2D eigenvalue weighted by Gasteiger charge is -2.44. The molecule has 0 aliphatic carbocycles. The molecule has 5 nitrogen and oxygen atoms in total. The summed E-state index contributed by atoms with van der Waals surface area (Å²) in [4.78, 5) is 18.6. The number of nitrogens with two attached hydrogens (primary N) is 1. The van der Waals surface area contributed by atoms with Crippen LogP contribution in [-0.2, 0) is 4.79 Å². The summed E-state index contributed by atoms with van der Waals surface area (Å²) < 4.78 is 13.9. The third-order valence-electron chi connectivity index (χ3n) is 5.13. The van der Waals surface area contributed by atoms with Gasteiger partial charge in [-0.15, -0.1) is 0 Å². The molecule has 132 valence electrons. The number of piperidine rings is 1. The molecule has 1 aromatic carbocycles. The Morgan fingerprint density at radius 1 is 1.17 bits per heavy atom. The Morgan fingerprint density at radius 2 is 1.92 bits per heavy atom. The standard InChI is InChI=1S/C18H27FN4O/c19-16-5-1-2-6-17(16)22-12-10-21(11-13-22)15-4-3-9-23(14-15)18(24)7-8-20/h1-2,5-6,15H,3-4,7-14,20H2/t15-/m0/s1. The van der Waals surface area contributed by atoms with Crippen molar-refractivity contribution in [1.82, 2.24) is 9.80 Å². The topological polar surface area (TPSA) is 52.8 Å². The van der Waals surface area contributed by atoms with E-state index in [1.165, 1.54) is 6.07 Å². The number of amides is 1. The van der Waals surface area contributed by atoms with E-state index in [-0.39, 0.29) is 11.7 Å². The largest absolute Gasteiger partial charge is 0.367 e. The van der Waals surface area contributed by atoms with Gasteiger partial charge in [0.15, 0.2) is 0 Å². The first-order valence-electron chi connectivity index (χ1n) is 8.90. The second-order valence-electron chi connectivity index (χ2n) is 6.65. The van der Waals surface area contributed by atoms with Crippen molar-refractivity contribution in [2.75, 3.05) is 50.7 Å². The Bertz CT molecular complexity index is 560. The van der Waals surface area contributed by atoms with E-state index in [2.05, 4.69) is 9.80 Å². The van der Waals surface area contributed by atoms with Crippen molar-refractivity contribution in [2.24, 2.45) is 5.73 Å². The molecule has 2 heterocycles. The Hall–Kier alpha value is -1.66. The third-order valence-corrected chi connectivity index (χ3v) is 5.13. The zero-order valence-corrected chi connectivity index (χ0v) is 14.2. The highest BCUT2D eigenvalue weighted by Gasteiger charge is 2.30. The van der Waals surface area contributed by atoms with Crippen LogP contribution >= 0.6 is 0 Å². The molecule has 2 aliphatic rings. The highest BCUT2D eigenvalue weighted by Crippen LogP contribution is 2.23. The quantitative estimate of drug-likeness (QED) is 0.901. The fourth-order valence-corrected chi connectivity index (χ4v) is 3.80. The monoisotopic (exact) mass is 334 g/mol. The molecular formula is C18H27FN4O. The molecule has 0 bridgehead atoms. The van der Waals surface area contributed by atoms with Gasteiger partial charge in [0.05, 0.1) is 5.69 Å². The predicted octanol–water partition coefficient (Wildman–Crippen LogP) is 1.29. The van der Waals surface area contributed by atoms with Crippen LogP contribution in [0.15, 0.2) is 24.3 Å². The summed E-state index contributed by atoms with van der Waals surface area (Å²) in [7, 11) is 0. The fraction of sp³-hybridized carbons (Fsp3) is 0.611. The van der Waals surface area contributed by atoms with Gasteiger partial charge in [0.2, 0.25) is 5.91 Å². The number of para-hydroxylation sites is 1. The van der Waals surface area contributed by atoms with Crippen molar-refractivity contribution in [3.8, 4) is 0 Å². The van der Waals surface area contributed by atoms with Crippen LogP contribution in [0, 0.1) is 5.82 Å². The number of carbonyl (C=O) groups excluding carboxylic acids is 1. The first-order valence-corrected chi connectivity index (χ1v) is 8.90. The number of halogens is 1. The van der Waals surface area contributed by atoms with Crippen LogP contribution in [0.2, 0.25) is 0 Å². The van der Waals surface area contributed by atoms with Gasteiger partial charge in [-0.3, -0.25) is 9.69 Å². The van der Waals surface area contributed by atoms with Crippen molar-refractivity contribution in [1.29, 1.82) is 0 Å². The van der Waals surface area contributed by atoms with E-state index in [1.54, 1.807) is 6.07 Å². The maximum absolute atomic E-state index is 13.9. The number of hydrogen-bond acceptors (Lipinski definition) is 4. The SMILES string of the molecule is NCCC(=O)N1CCC[C@H](N2CCN(c3ccccc3F)CC2)C1. The molecule has 1 amide bonds. The number of piperazine rings is 1. The lowest BCUT2D eigenvalue weighted by Crippen LogP contribution is -2.56. The number of carbonyl (C=O) groups is 1. The van der Waals surface area contributed by atoms with Crippen LogP contribution in [0.1, 0.15) is 19.3 Å². The molecule has 1 aromatic rings. The molecular weight excluding hydrogens is 307 g/mol. The lowest BCUT2D eigenvalue weighted by atomic mass is 10.0.